The van der Waals surface area contributed by atoms with Crippen molar-refractivity contribution in [3.63, 3.8) is 0 Å². The standard InChI is InChI=1S/C23H34FN3O5/c1-4-23(5-2,22(29)30-6-3)26-20(28)18-9-10-19(21(25-18)32-15-16-7-8-16)27-13-17(14-27)31-12-11-24/h9-10,16-17H,4-8,11-15H2,1-3H3,(H,26,28)/i11D2. The third-order valence-corrected chi connectivity index (χ3v) is 6.01. The van der Waals surface area contributed by atoms with Crippen molar-refractivity contribution in [1.82, 2.24) is 10.3 Å². The average Bonchev–Trinajstić information content (AvgIpc) is 3.59. The summed E-state index contributed by atoms with van der Waals surface area (Å²) in [7, 11) is 0. The predicted octanol–water partition coefficient (Wildman–Crippen LogP) is 2.90. The zero-order valence-electron chi connectivity index (χ0n) is 21.0. The molecule has 0 bridgehead atoms. The number of anilines is 1. The summed E-state index contributed by atoms with van der Waals surface area (Å²) in [4.78, 5) is 32.0. The quantitative estimate of drug-likeness (QED) is 0.459. The number of pyridine rings is 1. The second-order valence-corrected chi connectivity index (χ2v) is 8.21. The zero-order valence-corrected chi connectivity index (χ0v) is 19.0. The predicted molar refractivity (Wildman–Crippen MR) is 118 cm³/mol. The number of carbonyl (C=O) groups excluding carboxylic acids is 2. The van der Waals surface area contributed by atoms with Crippen molar-refractivity contribution in [2.75, 3.05) is 44.4 Å². The molecule has 2 fully saturated rings. The number of nitrogens with zero attached hydrogens (tertiary/aromatic N) is 2. The van der Waals surface area contributed by atoms with E-state index in [1.54, 1.807) is 19.1 Å². The van der Waals surface area contributed by atoms with Gasteiger partial charge in [-0.25, -0.2) is 14.2 Å². The highest BCUT2D eigenvalue weighted by Crippen LogP contribution is 2.34. The molecular weight excluding hydrogens is 417 g/mol. The van der Waals surface area contributed by atoms with Crippen LogP contribution < -0.4 is 15.0 Å². The number of alkyl halides is 1. The summed E-state index contributed by atoms with van der Waals surface area (Å²) in [6.07, 6.45) is 2.64. The van der Waals surface area contributed by atoms with Crippen molar-refractivity contribution in [3.8, 4) is 5.88 Å². The van der Waals surface area contributed by atoms with E-state index in [0.717, 1.165) is 12.8 Å². The first-order valence-electron chi connectivity index (χ1n) is 12.3. The molecule has 1 aliphatic carbocycles. The highest BCUT2D eigenvalue weighted by atomic mass is 19.1. The first kappa shape index (κ1) is 21.4. The van der Waals surface area contributed by atoms with E-state index in [1.807, 2.05) is 18.7 Å². The fraction of sp³-hybridized carbons (Fsp3) is 0.696. The molecule has 1 saturated carbocycles. The van der Waals surface area contributed by atoms with Gasteiger partial charge in [-0.3, -0.25) is 4.79 Å². The molecule has 8 nitrogen and oxygen atoms in total. The van der Waals surface area contributed by atoms with E-state index in [2.05, 4.69) is 10.3 Å². The molecule has 2 aliphatic rings. The number of rotatable bonds is 13. The monoisotopic (exact) mass is 453 g/mol. The second-order valence-electron chi connectivity index (χ2n) is 8.21. The number of nitrogens with one attached hydrogen (secondary N) is 1. The summed E-state index contributed by atoms with van der Waals surface area (Å²) in [5.41, 5.74) is -0.321. The largest absolute Gasteiger partial charge is 0.476 e. The van der Waals surface area contributed by atoms with E-state index >= 15 is 0 Å². The van der Waals surface area contributed by atoms with Crippen LogP contribution in [0.1, 0.15) is 59.7 Å². The molecule has 2 heterocycles. The maximum Gasteiger partial charge on any atom is 0.331 e. The molecular formula is C23H34FN3O5. The van der Waals surface area contributed by atoms with Crippen LogP contribution in [0.4, 0.5) is 10.1 Å². The van der Waals surface area contributed by atoms with Gasteiger partial charge in [0.1, 0.15) is 23.5 Å². The Morgan fingerprint density at radius 3 is 2.59 bits per heavy atom. The highest BCUT2D eigenvalue weighted by Gasteiger charge is 2.39. The second kappa shape index (κ2) is 10.9. The van der Waals surface area contributed by atoms with Crippen molar-refractivity contribution >= 4 is 17.6 Å². The molecule has 0 spiro atoms. The van der Waals surface area contributed by atoms with Gasteiger partial charge in [-0.05, 0) is 50.7 Å². The Hall–Kier alpha value is -2.42. The Bertz CT molecular complexity index is 869. The lowest BCUT2D eigenvalue weighted by Gasteiger charge is -2.40. The number of carbonyl (C=O) groups is 2. The Kier molecular flexibility index (Phi) is 7.32. The summed E-state index contributed by atoms with van der Waals surface area (Å²) in [6, 6.07) is 3.31. The lowest BCUT2D eigenvalue weighted by atomic mass is 9.92. The third-order valence-electron chi connectivity index (χ3n) is 6.01. The summed E-state index contributed by atoms with van der Waals surface area (Å²) in [5, 5.41) is 2.81. The van der Waals surface area contributed by atoms with Crippen LogP contribution in [0.25, 0.3) is 0 Å². The molecule has 0 aromatic carbocycles. The molecule has 0 atom stereocenters. The first-order valence-corrected chi connectivity index (χ1v) is 11.3. The van der Waals surface area contributed by atoms with Crippen molar-refractivity contribution in [2.45, 2.75) is 58.1 Å². The van der Waals surface area contributed by atoms with Crippen LogP contribution in [-0.2, 0) is 14.3 Å². The van der Waals surface area contributed by atoms with Crippen molar-refractivity contribution in [1.29, 1.82) is 0 Å². The maximum atomic E-state index is 13.1. The van der Waals surface area contributed by atoms with Crippen LogP contribution in [0.15, 0.2) is 12.1 Å². The van der Waals surface area contributed by atoms with E-state index in [4.69, 9.17) is 17.0 Å². The molecule has 0 radical (unpaired) electrons. The number of halogens is 1. The Balaban J connectivity index is 1.73. The summed E-state index contributed by atoms with van der Waals surface area (Å²) < 4.78 is 43.3. The van der Waals surface area contributed by atoms with Crippen LogP contribution in [0.3, 0.4) is 0 Å². The van der Waals surface area contributed by atoms with E-state index in [0.29, 0.717) is 50.0 Å². The minimum absolute atomic E-state index is 0.129. The smallest absolute Gasteiger partial charge is 0.331 e. The number of hydrogen-bond acceptors (Lipinski definition) is 7. The number of amides is 1. The molecule has 0 unspecified atom stereocenters. The lowest BCUT2D eigenvalue weighted by molar-refractivity contribution is -0.151. The molecule has 9 heteroatoms. The number of esters is 1. The van der Waals surface area contributed by atoms with Crippen molar-refractivity contribution < 1.29 is 30.9 Å². The van der Waals surface area contributed by atoms with Crippen molar-refractivity contribution in [2.24, 2.45) is 5.92 Å². The fourth-order valence-corrected chi connectivity index (χ4v) is 3.59. The first-order chi connectivity index (χ1) is 16.1. The fourth-order valence-electron chi connectivity index (χ4n) is 3.59. The van der Waals surface area contributed by atoms with Gasteiger partial charge >= 0.3 is 5.97 Å². The van der Waals surface area contributed by atoms with Gasteiger partial charge in [0.25, 0.3) is 5.91 Å². The zero-order chi connectivity index (χ0) is 24.9. The minimum Gasteiger partial charge on any atom is -0.476 e. The van der Waals surface area contributed by atoms with Gasteiger partial charge in [0.05, 0.1) is 28.7 Å². The Morgan fingerprint density at radius 2 is 2.00 bits per heavy atom. The molecule has 1 aliphatic heterocycles. The van der Waals surface area contributed by atoms with Crippen molar-refractivity contribution in [3.05, 3.63) is 17.8 Å². The SMILES string of the molecule is [2H]C([2H])(F)COC1CN(c2ccc(C(=O)NC(CC)(CC)C(=O)OCC)nc2OCC2CC2)C1. The Morgan fingerprint density at radius 1 is 1.28 bits per heavy atom. The molecule has 1 aromatic rings. The maximum absolute atomic E-state index is 13.1. The number of aromatic nitrogens is 1. The minimum atomic E-state index is -2.87. The van der Waals surface area contributed by atoms with Crippen LogP contribution in [0, 0.1) is 5.92 Å². The topological polar surface area (TPSA) is 90.0 Å². The molecule has 32 heavy (non-hydrogen) atoms. The highest BCUT2D eigenvalue weighted by molar-refractivity contribution is 5.97. The summed E-state index contributed by atoms with van der Waals surface area (Å²) in [6.45, 7) is 3.45. The van der Waals surface area contributed by atoms with Crippen LogP contribution in [-0.4, -0.2) is 68.0 Å². The Labute approximate surface area is 191 Å². The van der Waals surface area contributed by atoms with E-state index in [-0.39, 0.29) is 18.4 Å². The van der Waals surface area contributed by atoms with Gasteiger partial charge in [0.2, 0.25) is 5.88 Å². The van der Waals surface area contributed by atoms with Gasteiger partial charge in [0.15, 0.2) is 0 Å². The molecule has 1 amide bonds. The van der Waals surface area contributed by atoms with Crippen LogP contribution in [0.5, 0.6) is 5.88 Å². The normalized spacial score (nSPS) is 17.8. The molecule has 1 N–H and O–H groups in total. The summed E-state index contributed by atoms with van der Waals surface area (Å²) >= 11 is 0. The average molecular weight is 454 g/mol. The number of hydrogen-bond donors (Lipinski definition) is 1. The molecule has 1 saturated heterocycles. The molecule has 3 rings (SSSR count). The third kappa shape index (κ3) is 5.68. The molecule has 178 valence electrons. The van der Waals surface area contributed by atoms with Gasteiger partial charge in [-0.15, -0.1) is 0 Å². The van der Waals surface area contributed by atoms with Gasteiger partial charge in [0, 0.05) is 13.1 Å². The van der Waals surface area contributed by atoms with Crippen LogP contribution >= 0.6 is 0 Å². The van der Waals surface area contributed by atoms with Gasteiger partial charge in [-0.1, -0.05) is 13.8 Å². The summed E-state index contributed by atoms with van der Waals surface area (Å²) in [5.74, 6) is -0.175. The number of ether oxygens (including phenoxy) is 3. The van der Waals surface area contributed by atoms with E-state index in [1.165, 1.54) is 0 Å². The van der Waals surface area contributed by atoms with E-state index < -0.39 is 30.6 Å². The van der Waals surface area contributed by atoms with Crippen LogP contribution in [0.2, 0.25) is 0 Å². The van der Waals surface area contributed by atoms with E-state index in [9.17, 15) is 14.0 Å². The van der Waals surface area contributed by atoms with Gasteiger partial charge in [-0.2, -0.15) is 0 Å². The lowest BCUT2D eigenvalue weighted by Crippen LogP contribution is -2.54. The molecule has 1 aromatic heterocycles. The van der Waals surface area contributed by atoms with Gasteiger partial charge < -0.3 is 24.4 Å².